The van der Waals surface area contributed by atoms with Crippen LogP contribution in [0.15, 0.2) is 47.1 Å². The molecule has 3 rings (SSSR count). The Kier molecular flexibility index (Phi) is 5.62. The van der Waals surface area contributed by atoms with Crippen molar-refractivity contribution in [1.82, 2.24) is 25.5 Å². The maximum Gasteiger partial charge on any atom is 0.251 e. The second-order valence-corrected chi connectivity index (χ2v) is 6.03. The number of tetrazole rings is 1. The number of carbonyl (C=O) groups excluding carboxylic acids is 1. The van der Waals surface area contributed by atoms with Crippen LogP contribution in [-0.2, 0) is 13.0 Å². The molecule has 0 fully saturated rings. The Morgan fingerprint density at radius 3 is 2.77 bits per heavy atom. The van der Waals surface area contributed by atoms with E-state index in [1.54, 1.807) is 35.2 Å². The maximum absolute atomic E-state index is 12.1. The van der Waals surface area contributed by atoms with Gasteiger partial charge < -0.3 is 14.5 Å². The fourth-order valence-corrected chi connectivity index (χ4v) is 2.42. The Morgan fingerprint density at radius 1 is 1.27 bits per heavy atom. The van der Waals surface area contributed by atoms with Crippen molar-refractivity contribution in [3.63, 3.8) is 0 Å². The fourth-order valence-electron chi connectivity index (χ4n) is 2.42. The van der Waals surface area contributed by atoms with Gasteiger partial charge in [-0.05, 0) is 60.7 Å². The average molecular weight is 355 g/mol. The maximum atomic E-state index is 12.1. The van der Waals surface area contributed by atoms with Gasteiger partial charge in [-0.2, -0.15) is 0 Å². The summed E-state index contributed by atoms with van der Waals surface area (Å²) in [6.07, 6.45) is 2.28. The van der Waals surface area contributed by atoms with Crippen molar-refractivity contribution in [2.75, 3.05) is 6.54 Å². The van der Waals surface area contributed by atoms with Gasteiger partial charge in [0, 0.05) is 18.5 Å². The second kappa shape index (κ2) is 8.28. The van der Waals surface area contributed by atoms with Gasteiger partial charge >= 0.3 is 0 Å². The summed E-state index contributed by atoms with van der Waals surface area (Å²) in [6.45, 7) is 4.78. The number of nitrogens with zero attached hydrogens (tertiary/aromatic N) is 4. The van der Waals surface area contributed by atoms with Crippen LogP contribution < -0.4 is 10.1 Å². The first-order chi connectivity index (χ1) is 12.6. The molecule has 0 aliphatic carbocycles. The first kappa shape index (κ1) is 17.7. The van der Waals surface area contributed by atoms with Gasteiger partial charge in [0.15, 0.2) is 5.82 Å². The highest BCUT2D eigenvalue weighted by Gasteiger charge is 2.10. The van der Waals surface area contributed by atoms with E-state index < -0.39 is 0 Å². The summed E-state index contributed by atoms with van der Waals surface area (Å²) in [6, 6.07) is 10.8. The molecule has 0 radical (unpaired) electrons. The van der Waals surface area contributed by atoms with E-state index in [4.69, 9.17) is 9.15 Å². The van der Waals surface area contributed by atoms with E-state index in [2.05, 4.69) is 20.8 Å². The number of amides is 1. The predicted molar refractivity (Wildman–Crippen MR) is 93.7 cm³/mol. The van der Waals surface area contributed by atoms with Gasteiger partial charge in [0.05, 0.1) is 12.3 Å². The van der Waals surface area contributed by atoms with Crippen molar-refractivity contribution in [1.29, 1.82) is 0 Å². The Bertz CT molecular complexity index is 825. The van der Waals surface area contributed by atoms with E-state index in [0.717, 1.165) is 5.76 Å². The lowest BCUT2D eigenvalue weighted by molar-refractivity contribution is 0.0953. The average Bonchev–Trinajstić information content (AvgIpc) is 3.32. The number of benzene rings is 1. The lowest BCUT2D eigenvalue weighted by Gasteiger charge is -2.09. The summed E-state index contributed by atoms with van der Waals surface area (Å²) in [5.41, 5.74) is 0.573. The minimum atomic E-state index is -0.133. The minimum absolute atomic E-state index is 0.133. The van der Waals surface area contributed by atoms with Crippen LogP contribution in [0.3, 0.4) is 0 Å². The number of furan rings is 1. The smallest absolute Gasteiger partial charge is 0.251 e. The Morgan fingerprint density at radius 2 is 2.08 bits per heavy atom. The molecule has 136 valence electrons. The van der Waals surface area contributed by atoms with Crippen LogP contribution in [0.2, 0.25) is 0 Å². The molecule has 0 aliphatic rings. The molecular formula is C18H21N5O3. The van der Waals surface area contributed by atoms with E-state index in [1.807, 2.05) is 26.0 Å². The molecule has 0 spiro atoms. The number of hydrogen-bond donors (Lipinski definition) is 1. The second-order valence-electron chi connectivity index (χ2n) is 6.03. The molecule has 1 N–H and O–H groups in total. The van der Waals surface area contributed by atoms with E-state index in [1.165, 1.54) is 0 Å². The van der Waals surface area contributed by atoms with Gasteiger partial charge in [0.1, 0.15) is 18.1 Å². The number of hydrogen-bond acceptors (Lipinski definition) is 6. The quantitative estimate of drug-likeness (QED) is 0.667. The van der Waals surface area contributed by atoms with Crippen LogP contribution in [0, 0.1) is 0 Å². The lowest BCUT2D eigenvalue weighted by Crippen LogP contribution is -2.25. The molecule has 8 nitrogen and oxygen atoms in total. The largest absolute Gasteiger partial charge is 0.486 e. The number of aromatic nitrogens is 4. The van der Waals surface area contributed by atoms with Crippen molar-refractivity contribution in [2.45, 2.75) is 32.9 Å². The van der Waals surface area contributed by atoms with Gasteiger partial charge in [0.25, 0.3) is 5.91 Å². The van der Waals surface area contributed by atoms with Gasteiger partial charge in [-0.25, -0.2) is 4.68 Å². The predicted octanol–water partition coefficient (Wildman–Crippen LogP) is 2.40. The SMILES string of the molecule is CC(C)n1nnnc1COc1ccc(C(=O)NCCc2ccco2)cc1. The van der Waals surface area contributed by atoms with E-state index in [9.17, 15) is 4.79 Å². The molecule has 8 heteroatoms. The Hall–Kier alpha value is -3.16. The van der Waals surface area contributed by atoms with Crippen molar-refractivity contribution >= 4 is 5.91 Å². The van der Waals surface area contributed by atoms with E-state index >= 15 is 0 Å². The highest BCUT2D eigenvalue weighted by molar-refractivity contribution is 5.94. The first-order valence-electron chi connectivity index (χ1n) is 8.43. The highest BCUT2D eigenvalue weighted by atomic mass is 16.5. The third kappa shape index (κ3) is 4.47. The molecule has 0 atom stereocenters. The summed E-state index contributed by atoms with van der Waals surface area (Å²) in [7, 11) is 0. The summed E-state index contributed by atoms with van der Waals surface area (Å²) >= 11 is 0. The summed E-state index contributed by atoms with van der Waals surface area (Å²) in [5, 5.41) is 14.4. The molecule has 26 heavy (non-hydrogen) atoms. The molecule has 2 heterocycles. The standard InChI is InChI=1S/C18H21N5O3/c1-13(2)23-17(20-21-22-23)12-26-16-7-5-14(6-8-16)18(24)19-10-9-15-4-3-11-25-15/h3-8,11,13H,9-10,12H2,1-2H3,(H,19,24). The molecule has 0 bridgehead atoms. The minimum Gasteiger partial charge on any atom is -0.486 e. The molecular weight excluding hydrogens is 334 g/mol. The number of carbonyl (C=O) groups is 1. The van der Waals surface area contributed by atoms with Gasteiger partial charge in [0.2, 0.25) is 0 Å². The van der Waals surface area contributed by atoms with Gasteiger partial charge in [-0.3, -0.25) is 4.79 Å². The molecule has 0 saturated heterocycles. The topological polar surface area (TPSA) is 95.1 Å². The Labute approximate surface area is 151 Å². The van der Waals surface area contributed by atoms with Crippen LogP contribution in [0.5, 0.6) is 5.75 Å². The molecule has 0 aliphatic heterocycles. The van der Waals surface area contributed by atoms with E-state index in [-0.39, 0.29) is 18.6 Å². The van der Waals surface area contributed by atoms with Crippen molar-refractivity contribution in [3.8, 4) is 5.75 Å². The fraction of sp³-hybridized carbons (Fsp3) is 0.333. The molecule has 2 aromatic heterocycles. The zero-order valence-corrected chi connectivity index (χ0v) is 14.8. The van der Waals surface area contributed by atoms with Crippen LogP contribution in [0.4, 0.5) is 0 Å². The third-order valence-electron chi connectivity index (χ3n) is 3.77. The molecule has 0 saturated carbocycles. The zero-order chi connectivity index (χ0) is 18.4. The van der Waals surface area contributed by atoms with Gasteiger partial charge in [-0.15, -0.1) is 5.10 Å². The highest BCUT2D eigenvalue weighted by Crippen LogP contribution is 2.14. The van der Waals surface area contributed by atoms with Crippen molar-refractivity contribution in [3.05, 3.63) is 59.8 Å². The van der Waals surface area contributed by atoms with Crippen molar-refractivity contribution < 1.29 is 13.9 Å². The summed E-state index contributed by atoms with van der Waals surface area (Å²) < 4.78 is 12.6. The third-order valence-corrected chi connectivity index (χ3v) is 3.77. The molecule has 0 unspecified atom stereocenters. The van der Waals surface area contributed by atoms with Gasteiger partial charge in [-0.1, -0.05) is 0 Å². The monoisotopic (exact) mass is 355 g/mol. The van der Waals surface area contributed by atoms with Crippen LogP contribution >= 0.6 is 0 Å². The van der Waals surface area contributed by atoms with Crippen LogP contribution in [-0.4, -0.2) is 32.7 Å². The molecule has 3 aromatic rings. The summed E-state index contributed by atoms with van der Waals surface area (Å²) in [4.78, 5) is 12.1. The van der Waals surface area contributed by atoms with Crippen LogP contribution in [0.1, 0.15) is 41.8 Å². The lowest BCUT2D eigenvalue weighted by atomic mass is 10.2. The van der Waals surface area contributed by atoms with Crippen molar-refractivity contribution in [2.24, 2.45) is 0 Å². The zero-order valence-electron chi connectivity index (χ0n) is 14.8. The molecule has 1 amide bonds. The first-order valence-corrected chi connectivity index (χ1v) is 8.43. The van der Waals surface area contributed by atoms with Crippen LogP contribution in [0.25, 0.3) is 0 Å². The van der Waals surface area contributed by atoms with E-state index in [0.29, 0.717) is 30.1 Å². The number of nitrogens with one attached hydrogen (secondary N) is 1. The summed E-state index contributed by atoms with van der Waals surface area (Å²) in [5.74, 6) is 2.01. The Balaban J connectivity index is 1.49. The number of ether oxygens (including phenoxy) is 1. The normalized spacial score (nSPS) is 10.9. The number of rotatable bonds is 8. The molecule has 1 aromatic carbocycles.